The maximum atomic E-state index is 10.3. The molecule has 2 heteroatoms. The normalized spacial score (nSPS) is 30.7. The largest absolute Gasteiger partial charge is 0.393 e. The van der Waals surface area contributed by atoms with Crippen molar-refractivity contribution in [2.75, 3.05) is 13.7 Å². The Morgan fingerprint density at radius 1 is 1.18 bits per heavy atom. The molecule has 1 aliphatic carbocycles. The summed E-state index contributed by atoms with van der Waals surface area (Å²) in [6.07, 6.45) is 8.16. The fraction of sp³-hybridized carbons (Fsp3) is 1.00. The van der Waals surface area contributed by atoms with Gasteiger partial charge in [-0.3, -0.25) is 0 Å². The summed E-state index contributed by atoms with van der Waals surface area (Å²) in [5, 5.41) is 10.3. The molecule has 1 fully saturated rings. The lowest BCUT2D eigenvalue weighted by molar-refractivity contribution is 0.0709. The van der Waals surface area contributed by atoms with Crippen molar-refractivity contribution < 1.29 is 9.84 Å². The lowest BCUT2D eigenvalue weighted by Gasteiger charge is -2.23. The lowest BCUT2D eigenvalue weighted by Crippen LogP contribution is -2.23. The molecular weight excluding hydrogens is 212 g/mol. The minimum atomic E-state index is -0.0756. The first kappa shape index (κ1) is 15.0. The van der Waals surface area contributed by atoms with Crippen LogP contribution in [0.3, 0.4) is 0 Å². The second-order valence-electron chi connectivity index (χ2n) is 5.63. The first-order chi connectivity index (χ1) is 8.22. The van der Waals surface area contributed by atoms with Crippen molar-refractivity contribution in [3.63, 3.8) is 0 Å². The van der Waals surface area contributed by atoms with Crippen LogP contribution in [0.5, 0.6) is 0 Å². The molecule has 0 aliphatic heterocycles. The summed E-state index contributed by atoms with van der Waals surface area (Å²) >= 11 is 0. The Bertz CT molecular complexity index is 193. The van der Waals surface area contributed by atoms with Crippen LogP contribution in [-0.2, 0) is 4.74 Å². The predicted octanol–water partition coefficient (Wildman–Crippen LogP) is 3.63. The third kappa shape index (κ3) is 4.59. The molecule has 17 heavy (non-hydrogen) atoms. The number of ether oxygens (including phenoxy) is 1. The third-order valence-electron chi connectivity index (χ3n) is 4.54. The van der Waals surface area contributed by atoms with Gasteiger partial charge in [0.1, 0.15) is 0 Å². The molecule has 0 radical (unpaired) electrons. The van der Waals surface area contributed by atoms with Gasteiger partial charge in [-0.2, -0.15) is 0 Å². The predicted molar refractivity (Wildman–Crippen MR) is 72.0 cm³/mol. The maximum Gasteiger partial charge on any atom is 0.0571 e. The smallest absolute Gasteiger partial charge is 0.0571 e. The van der Waals surface area contributed by atoms with E-state index < -0.39 is 0 Å². The maximum absolute atomic E-state index is 10.3. The zero-order valence-corrected chi connectivity index (χ0v) is 11.8. The van der Waals surface area contributed by atoms with Crippen LogP contribution in [0, 0.1) is 17.8 Å². The van der Waals surface area contributed by atoms with Crippen molar-refractivity contribution in [3.05, 3.63) is 0 Å². The van der Waals surface area contributed by atoms with Gasteiger partial charge in [0.2, 0.25) is 0 Å². The molecule has 0 saturated heterocycles. The van der Waals surface area contributed by atoms with Gasteiger partial charge in [-0.1, -0.05) is 26.7 Å². The average molecular weight is 242 g/mol. The van der Waals surface area contributed by atoms with Crippen LogP contribution in [0.25, 0.3) is 0 Å². The number of methoxy groups -OCH3 is 1. The zero-order valence-electron chi connectivity index (χ0n) is 11.8. The number of hydrogen-bond acceptors (Lipinski definition) is 2. The summed E-state index contributed by atoms with van der Waals surface area (Å²) in [4.78, 5) is 0. The Labute approximate surface area is 107 Å². The molecule has 102 valence electrons. The van der Waals surface area contributed by atoms with E-state index in [-0.39, 0.29) is 6.10 Å². The molecule has 0 amide bonds. The molecule has 0 aromatic carbocycles. The number of unbranched alkanes of at least 4 members (excludes halogenated alkanes) is 1. The van der Waals surface area contributed by atoms with Crippen molar-refractivity contribution in [1.82, 2.24) is 0 Å². The Morgan fingerprint density at radius 3 is 2.53 bits per heavy atom. The molecule has 2 nitrogen and oxygen atoms in total. The Kier molecular flexibility index (Phi) is 7.14. The molecule has 0 aromatic heterocycles. The van der Waals surface area contributed by atoms with Gasteiger partial charge in [-0.25, -0.2) is 0 Å². The topological polar surface area (TPSA) is 29.5 Å². The number of aliphatic hydroxyl groups is 1. The number of rotatable bonds is 8. The molecule has 1 saturated carbocycles. The lowest BCUT2D eigenvalue weighted by atomic mass is 9.86. The van der Waals surface area contributed by atoms with Crippen molar-refractivity contribution in [2.24, 2.45) is 17.8 Å². The minimum Gasteiger partial charge on any atom is -0.393 e. The molecule has 0 bridgehead atoms. The summed E-state index contributed by atoms with van der Waals surface area (Å²) in [6, 6.07) is 0. The van der Waals surface area contributed by atoms with E-state index in [1.54, 1.807) is 7.11 Å². The summed E-state index contributed by atoms with van der Waals surface area (Å²) in [7, 11) is 1.74. The van der Waals surface area contributed by atoms with Crippen LogP contribution < -0.4 is 0 Å². The van der Waals surface area contributed by atoms with E-state index >= 15 is 0 Å². The molecule has 4 unspecified atom stereocenters. The van der Waals surface area contributed by atoms with Crippen molar-refractivity contribution >= 4 is 0 Å². The van der Waals surface area contributed by atoms with Crippen molar-refractivity contribution in [2.45, 2.75) is 64.9 Å². The average Bonchev–Trinajstić information content (AvgIpc) is 2.77. The van der Waals surface area contributed by atoms with Gasteiger partial charge in [-0.05, 0) is 49.9 Å². The van der Waals surface area contributed by atoms with Gasteiger partial charge >= 0.3 is 0 Å². The van der Waals surface area contributed by atoms with E-state index in [9.17, 15) is 5.11 Å². The van der Waals surface area contributed by atoms with Crippen LogP contribution in [0.1, 0.15) is 58.8 Å². The Morgan fingerprint density at radius 2 is 1.94 bits per heavy atom. The number of hydrogen-bond donors (Lipinski definition) is 1. The van der Waals surface area contributed by atoms with E-state index in [0.29, 0.717) is 5.92 Å². The van der Waals surface area contributed by atoms with Crippen LogP contribution in [-0.4, -0.2) is 24.9 Å². The second-order valence-corrected chi connectivity index (χ2v) is 5.63. The summed E-state index contributed by atoms with van der Waals surface area (Å²) in [5.41, 5.74) is 0. The van der Waals surface area contributed by atoms with Crippen LogP contribution in [0.2, 0.25) is 0 Å². The Balaban J connectivity index is 2.31. The highest BCUT2D eigenvalue weighted by Gasteiger charge is 2.35. The van der Waals surface area contributed by atoms with Crippen LogP contribution in [0.4, 0.5) is 0 Å². The zero-order chi connectivity index (χ0) is 12.7. The van der Waals surface area contributed by atoms with E-state index in [4.69, 9.17) is 4.74 Å². The highest BCUT2D eigenvalue weighted by atomic mass is 16.5. The van der Waals surface area contributed by atoms with E-state index in [1.807, 2.05) is 0 Å². The third-order valence-corrected chi connectivity index (χ3v) is 4.54. The minimum absolute atomic E-state index is 0.0756. The van der Waals surface area contributed by atoms with Crippen LogP contribution in [0.15, 0.2) is 0 Å². The quantitative estimate of drug-likeness (QED) is 0.659. The van der Waals surface area contributed by atoms with Gasteiger partial charge < -0.3 is 9.84 Å². The van der Waals surface area contributed by atoms with Crippen LogP contribution >= 0.6 is 0 Å². The molecule has 1 N–H and O–H groups in total. The van der Waals surface area contributed by atoms with Gasteiger partial charge in [-0.15, -0.1) is 0 Å². The first-order valence-corrected chi connectivity index (χ1v) is 7.39. The van der Waals surface area contributed by atoms with Gasteiger partial charge in [0.25, 0.3) is 0 Å². The molecule has 0 aromatic rings. The molecule has 0 spiro atoms. The summed E-state index contributed by atoms with van der Waals surface area (Å²) in [6.45, 7) is 5.38. The van der Waals surface area contributed by atoms with Gasteiger partial charge in [0.05, 0.1) is 6.10 Å². The standard InChI is InChI=1S/C15H30O2/c1-4-12-10-13(5-2)14(11-12)15(16)8-6-7-9-17-3/h12-16H,4-11H2,1-3H3. The fourth-order valence-corrected chi connectivity index (χ4v) is 3.36. The first-order valence-electron chi connectivity index (χ1n) is 7.39. The monoisotopic (exact) mass is 242 g/mol. The fourth-order valence-electron chi connectivity index (χ4n) is 3.36. The summed E-state index contributed by atoms with van der Waals surface area (Å²) < 4.78 is 5.04. The number of aliphatic hydroxyl groups excluding tert-OH is 1. The van der Waals surface area contributed by atoms with Gasteiger partial charge in [0.15, 0.2) is 0 Å². The van der Waals surface area contributed by atoms with Crippen molar-refractivity contribution in [3.8, 4) is 0 Å². The SMILES string of the molecule is CCC1CC(CC)C(C(O)CCCCOC)C1. The highest BCUT2D eigenvalue weighted by Crippen LogP contribution is 2.42. The van der Waals surface area contributed by atoms with Gasteiger partial charge in [0, 0.05) is 13.7 Å². The molecule has 0 heterocycles. The summed E-state index contributed by atoms with van der Waals surface area (Å²) in [5.74, 6) is 2.18. The van der Waals surface area contributed by atoms with E-state index in [0.717, 1.165) is 37.7 Å². The molecular formula is C15H30O2. The molecule has 1 aliphatic rings. The second kappa shape index (κ2) is 8.10. The van der Waals surface area contributed by atoms with Crippen molar-refractivity contribution in [1.29, 1.82) is 0 Å². The van der Waals surface area contributed by atoms with E-state index in [1.165, 1.54) is 25.7 Å². The molecule has 1 rings (SSSR count). The molecule has 4 atom stereocenters. The van der Waals surface area contributed by atoms with E-state index in [2.05, 4.69) is 13.8 Å². The Hall–Kier alpha value is -0.0800. The highest BCUT2D eigenvalue weighted by molar-refractivity contribution is 4.86.